The van der Waals surface area contributed by atoms with E-state index in [0.717, 1.165) is 12.1 Å². The molecule has 0 saturated heterocycles. The van der Waals surface area contributed by atoms with Crippen molar-refractivity contribution >= 4 is 5.97 Å². The van der Waals surface area contributed by atoms with E-state index in [1.165, 1.54) is 0 Å². The predicted octanol–water partition coefficient (Wildman–Crippen LogP) is 2.31. The number of rotatable bonds is 8. The second kappa shape index (κ2) is 8.43. The van der Waals surface area contributed by atoms with E-state index in [9.17, 15) is 4.79 Å². The number of carbonyl (C=O) groups is 1. The Kier molecular flexibility index (Phi) is 6.87. The molecule has 1 unspecified atom stereocenters. The van der Waals surface area contributed by atoms with Gasteiger partial charge >= 0.3 is 5.97 Å². The van der Waals surface area contributed by atoms with E-state index in [0.29, 0.717) is 18.1 Å². The Morgan fingerprint density at radius 1 is 1.20 bits per heavy atom. The van der Waals surface area contributed by atoms with Gasteiger partial charge in [-0.2, -0.15) is 0 Å². The Balaban J connectivity index is 2.93. The van der Waals surface area contributed by atoms with Crippen LogP contribution in [-0.4, -0.2) is 33.3 Å². The fourth-order valence-corrected chi connectivity index (χ4v) is 2.01. The van der Waals surface area contributed by atoms with Crippen LogP contribution in [-0.2, 0) is 9.53 Å². The molecule has 1 aromatic rings. The van der Waals surface area contributed by atoms with Crippen molar-refractivity contribution in [2.75, 3.05) is 27.4 Å². The van der Waals surface area contributed by atoms with Crippen LogP contribution in [0.1, 0.15) is 31.9 Å². The number of ether oxygens (including phenoxy) is 3. The van der Waals surface area contributed by atoms with Crippen LogP contribution in [0.3, 0.4) is 0 Å². The summed E-state index contributed by atoms with van der Waals surface area (Å²) in [5.74, 6) is 1.10. The summed E-state index contributed by atoms with van der Waals surface area (Å²) in [6, 6.07) is 5.54. The fraction of sp³-hybridized carbons (Fsp3) is 0.533. The number of hydrogen-bond donors (Lipinski definition) is 1. The second-order valence-electron chi connectivity index (χ2n) is 4.23. The molecule has 0 fully saturated rings. The Morgan fingerprint density at radius 2 is 1.90 bits per heavy atom. The molecule has 0 radical (unpaired) electrons. The molecule has 1 atom stereocenters. The van der Waals surface area contributed by atoms with Gasteiger partial charge in [-0.25, -0.2) is 0 Å². The molecular formula is C15H23NO4. The number of hydrogen-bond acceptors (Lipinski definition) is 5. The molecule has 0 spiro atoms. The maximum absolute atomic E-state index is 11.7. The van der Waals surface area contributed by atoms with Crippen LogP contribution in [0, 0.1) is 0 Å². The highest BCUT2D eigenvalue weighted by atomic mass is 16.5. The lowest BCUT2D eigenvalue weighted by molar-refractivity contribution is -0.143. The van der Waals surface area contributed by atoms with E-state index in [-0.39, 0.29) is 18.4 Å². The van der Waals surface area contributed by atoms with Gasteiger partial charge in [0.15, 0.2) is 11.5 Å². The maximum Gasteiger partial charge on any atom is 0.307 e. The fourth-order valence-electron chi connectivity index (χ4n) is 2.01. The molecule has 1 rings (SSSR count). The third kappa shape index (κ3) is 4.42. The highest BCUT2D eigenvalue weighted by Gasteiger charge is 2.17. The lowest BCUT2D eigenvalue weighted by atomic mass is 10.0. The average Bonchev–Trinajstić information content (AvgIpc) is 2.46. The van der Waals surface area contributed by atoms with E-state index >= 15 is 0 Å². The number of esters is 1. The number of nitrogens with one attached hydrogen (secondary N) is 1. The van der Waals surface area contributed by atoms with Crippen LogP contribution in [0.15, 0.2) is 18.2 Å². The first-order chi connectivity index (χ1) is 9.65. The summed E-state index contributed by atoms with van der Waals surface area (Å²) < 4.78 is 15.5. The third-order valence-electron chi connectivity index (χ3n) is 2.94. The van der Waals surface area contributed by atoms with Crippen molar-refractivity contribution in [3.8, 4) is 11.5 Å². The van der Waals surface area contributed by atoms with Crippen LogP contribution in [0.5, 0.6) is 11.5 Å². The first kappa shape index (κ1) is 16.3. The summed E-state index contributed by atoms with van der Waals surface area (Å²) in [4.78, 5) is 11.7. The summed E-state index contributed by atoms with van der Waals surface area (Å²) in [7, 11) is 3.19. The molecule has 20 heavy (non-hydrogen) atoms. The number of benzene rings is 1. The van der Waals surface area contributed by atoms with Crippen LogP contribution in [0.4, 0.5) is 0 Å². The van der Waals surface area contributed by atoms with Crippen molar-refractivity contribution in [2.45, 2.75) is 26.3 Å². The van der Waals surface area contributed by atoms with Gasteiger partial charge in [0.2, 0.25) is 0 Å². The molecule has 0 saturated carbocycles. The average molecular weight is 281 g/mol. The normalized spacial score (nSPS) is 11.8. The lowest BCUT2D eigenvalue weighted by Crippen LogP contribution is -2.24. The minimum absolute atomic E-state index is 0.0983. The van der Waals surface area contributed by atoms with Gasteiger partial charge in [-0.3, -0.25) is 4.79 Å². The van der Waals surface area contributed by atoms with E-state index in [4.69, 9.17) is 14.2 Å². The quantitative estimate of drug-likeness (QED) is 0.741. The van der Waals surface area contributed by atoms with Crippen LogP contribution in [0.25, 0.3) is 0 Å². The number of carbonyl (C=O) groups excluding carboxylic acids is 1. The van der Waals surface area contributed by atoms with Crippen molar-refractivity contribution < 1.29 is 19.0 Å². The minimum atomic E-state index is -0.215. The van der Waals surface area contributed by atoms with Crippen molar-refractivity contribution in [2.24, 2.45) is 0 Å². The molecule has 5 nitrogen and oxygen atoms in total. The molecular weight excluding hydrogens is 258 g/mol. The molecule has 0 aliphatic heterocycles. The van der Waals surface area contributed by atoms with Gasteiger partial charge < -0.3 is 19.5 Å². The first-order valence-corrected chi connectivity index (χ1v) is 6.77. The maximum atomic E-state index is 11.7. The summed E-state index contributed by atoms with van der Waals surface area (Å²) in [5, 5.41) is 3.28. The highest BCUT2D eigenvalue weighted by molar-refractivity contribution is 5.70. The molecule has 1 N–H and O–H groups in total. The summed E-state index contributed by atoms with van der Waals surface area (Å²) in [6.07, 6.45) is 0.289. The molecule has 0 heterocycles. The highest BCUT2D eigenvalue weighted by Crippen LogP contribution is 2.31. The lowest BCUT2D eigenvalue weighted by Gasteiger charge is -2.19. The molecule has 112 valence electrons. The van der Waals surface area contributed by atoms with Crippen molar-refractivity contribution in [1.29, 1.82) is 0 Å². The Bertz CT molecular complexity index is 434. The molecule has 5 heteroatoms. The molecule has 0 aliphatic carbocycles. The predicted molar refractivity (Wildman–Crippen MR) is 77.2 cm³/mol. The molecule has 1 aromatic carbocycles. The van der Waals surface area contributed by atoms with E-state index < -0.39 is 0 Å². The van der Waals surface area contributed by atoms with Crippen molar-refractivity contribution in [3.05, 3.63) is 23.8 Å². The topological polar surface area (TPSA) is 56.8 Å². The Hall–Kier alpha value is -1.75. The van der Waals surface area contributed by atoms with Crippen LogP contribution < -0.4 is 14.8 Å². The van der Waals surface area contributed by atoms with Crippen LogP contribution >= 0.6 is 0 Å². The molecule has 0 amide bonds. The van der Waals surface area contributed by atoms with Gasteiger partial charge in [-0.1, -0.05) is 13.0 Å². The van der Waals surface area contributed by atoms with Gasteiger partial charge in [0, 0.05) is 6.04 Å². The SMILES string of the molecule is CCNC(CC(=O)OCC)c1ccc(OC)c(OC)c1. The number of methoxy groups -OCH3 is 2. The summed E-state index contributed by atoms with van der Waals surface area (Å²) >= 11 is 0. The summed E-state index contributed by atoms with van der Waals surface area (Å²) in [6.45, 7) is 4.96. The monoisotopic (exact) mass is 281 g/mol. The zero-order chi connectivity index (χ0) is 15.0. The third-order valence-corrected chi connectivity index (χ3v) is 2.94. The van der Waals surface area contributed by atoms with Gasteiger partial charge in [0.05, 0.1) is 27.2 Å². The molecule has 0 aliphatic rings. The van der Waals surface area contributed by atoms with Gasteiger partial charge in [-0.05, 0) is 31.2 Å². The van der Waals surface area contributed by atoms with E-state index in [2.05, 4.69) is 5.32 Å². The molecule has 0 aromatic heterocycles. The Labute approximate surface area is 120 Å². The zero-order valence-electron chi connectivity index (χ0n) is 12.6. The summed E-state index contributed by atoms with van der Waals surface area (Å²) in [5.41, 5.74) is 0.970. The first-order valence-electron chi connectivity index (χ1n) is 6.77. The largest absolute Gasteiger partial charge is 0.493 e. The van der Waals surface area contributed by atoms with Crippen molar-refractivity contribution in [3.63, 3.8) is 0 Å². The van der Waals surface area contributed by atoms with Crippen molar-refractivity contribution in [1.82, 2.24) is 5.32 Å². The van der Waals surface area contributed by atoms with E-state index in [1.807, 2.05) is 25.1 Å². The smallest absolute Gasteiger partial charge is 0.307 e. The molecule has 0 bridgehead atoms. The van der Waals surface area contributed by atoms with Gasteiger partial charge in [0.25, 0.3) is 0 Å². The van der Waals surface area contributed by atoms with Gasteiger partial charge in [-0.15, -0.1) is 0 Å². The van der Waals surface area contributed by atoms with E-state index in [1.54, 1.807) is 21.1 Å². The Morgan fingerprint density at radius 3 is 2.45 bits per heavy atom. The zero-order valence-corrected chi connectivity index (χ0v) is 12.6. The second-order valence-corrected chi connectivity index (χ2v) is 4.23. The van der Waals surface area contributed by atoms with Crippen LogP contribution in [0.2, 0.25) is 0 Å². The standard InChI is InChI=1S/C15H23NO4/c1-5-16-12(10-15(17)20-6-2)11-7-8-13(18-3)14(9-11)19-4/h7-9,12,16H,5-6,10H2,1-4H3. The minimum Gasteiger partial charge on any atom is -0.493 e. The van der Waals surface area contributed by atoms with Gasteiger partial charge in [0.1, 0.15) is 0 Å².